The van der Waals surface area contributed by atoms with Crippen molar-refractivity contribution in [3.63, 3.8) is 0 Å². The predicted octanol–water partition coefficient (Wildman–Crippen LogP) is 2.97. The quantitative estimate of drug-likeness (QED) is 0.626. The Bertz CT molecular complexity index is 334. The van der Waals surface area contributed by atoms with E-state index in [4.69, 9.17) is 9.47 Å². The summed E-state index contributed by atoms with van der Waals surface area (Å²) >= 11 is 0. The zero-order valence-electron chi connectivity index (χ0n) is 8.32. The minimum absolute atomic E-state index is 0.330. The Morgan fingerprint density at radius 2 is 1.86 bits per heavy atom. The van der Waals surface area contributed by atoms with Gasteiger partial charge in [0.25, 0.3) is 5.79 Å². The molecule has 74 valence electrons. The van der Waals surface area contributed by atoms with Crippen LogP contribution >= 0.6 is 0 Å². The maximum Gasteiger partial charge on any atom is 0.251 e. The van der Waals surface area contributed by atoms with Gasteiger partial charge in [0.1, 0.15) is 0 Å². The van der Waals surface area contributed by atoms with Crippen molar-refractivity contribution in [1.29, 1.82) is 0 Å². The minimum atomic E-state index is -0.330. The van der Waals surface area contributed by atoms with Crippen LogP contribution in [0.5, 0.6) is 11.5 Å². The highest BCUT2D eigenvalue weighted by Gasteiger charge is 2.46. The normalized spacial score (nSPS) is 27.1. The molecule has 1 aromatic carbocycles. The molecule has 2 heteroatoms. The maximum atomic E-state index is 5.90. The molecule has 1 atom stereocenters. The van der Waals surface area contributed by atoms with Crippen molar-refractivity contribution in [2.45, 2.75) is 32.0 Å². The van der Waals surface area contributed by atoms with E-state index in [-0.39, 0.29) is 5.79 Å². The summed E-state index contributed by atoms with van der Waals surface area (Å²) in [7, 11) is 0. The Kier molecular flexibility index (Phi) is 1.55. The first-order valence-corrected chi connectivity index (χ1v) is 5.24. The van der Waals surface area contributed by atoms with Crippen LogP contribution in [-0.2, 0) is 0 Å². The third-order valence-electron chi connectivity index (χ3n) is 3.12. The molecule has 0 bridgehead atoms. The molecule has 0 N–H and O–H groups in total. The summed E-state index contributed by atoms with van der Waals surface area (Å²) in [6, 6.07) is 7.93. The molecule has 0 aromatic heterocycles. The van der Waals surface area contributed by atoms with Gasteiger partial charge in [-0.15, -0.1) is 0 Å². The van der Waals surface area contributed by atoms with Crippen LogP contribution in [0.25, 0.3) is 0 Å². The molecule has 0 amide bonds. The van der Waals surface area contributed by atoms with Gasteiger partial charge < -0.3 is 9.47 Å². The lowest BCUT2D eigenvalue weighted by Gasteiger charge is -2.21. The fraction of sp³-hybridized carbons (Fsp3) is 0.500. The summed E-state index contributed by atoms with van der Waals surface area (Å²) in [6.45, 7) is 2.25. The average molecular weight is 190 g/mol. The molecule has 1 fully saturated rings. The van der Waals surface area contributed by atoms with Crippen LogP contribution in [0.4, 0.5) is 0 Å². The molecule has 0 radical (unpaired) electrons. The number of hydrogen-bond donors (Lipinski definition) is 0. The van der Waals surface area contributed by atoms with Crippen LogP contribution in [-0.4, -0.2) is 5.79 Å². The van der Waals surface area contributed by atoms with Crippen molar-refractivity contribution in [2.24, 2.45) is 5.92 Å². The zero-order valence-corrected chi connectivity index (χ0v) is 8.32. The van der Waals surface area contributed by atoms with E-state index in [0.29, 0.717) is 5.92 Å². The second kappa shape index (κ2) is 2.66. The number of para-hydroxylation sites is 2. The Morgan fingerprint density at radius 3 is 2.36 bits per heavy atom. The van der Waals surface area contributed by atoms with Crippen molar-refractivity contribution in [3.05, 3.63) is 24.3 Å². The van der Waals surface area contributed by atoms with Crippen molar-refractivity contribution in [3.8, 4) is 11.5 Å². The SMILES string of the molecule is CC1CCC2(C1)Oc1ccccc1O2. The molecule has 2 nitrogen and oxygen atoms in total. The van der Waals surface area contributed by atoms with E-state index < -0.39 is 0 Å². The summed E-state index contributed by atoms with van der Waals surface area (Å²) < 4.78 is 11.8. The van der Waals surface area contributed by atoms with E-state index in [1.54, 1.807) is 0 Å². The number of ether oxygens (including phenoxy) is 2. The lowest BCUT2D eigenvalue weighted by molar-refractivity contribution is -0.0743. The fourth-order valence-electron chi connectivity index (χ4n) is 2.43. The molecular weight excluding hydrogens is 176 g/mol. The summed E-state index contributed by atoms with van der Waals surface area (Å²) in [5.41, 5.74) is 0. The largest absolute Gasteiger partial charge is 0.448 e. The molecule has 1 spiro atoms. The summed E-state index contributed by atoms with van der Waals surface area (Å²) in [5, 5.41) is 0. The molecule has 1 aromatic rings. The van der Waals surface area contributed by atoms with Crippen LogP contribution in [0.3, 0.4) is 0 Å². The van der Waals surface area contributed by atoms with E-state index in [2.05, 4.69) is 6.92 Å². The number of benzene rings is 1. The lowest BCUT2D eigenvalue weighted by atomic mass is 10.1. The van der Waals surface area contributed by atoms with Crippen LogP contribution in [0.15, 0.2) is 24.3 Å². The van der Waals surface area contributed by atoms with Gasteiger partial charge in [0, 0.05) is 12.8 Å². The molecule has 3 rings (SSSR count). The lowest BCUT2D eigenvalue weighted by Crippen LogP contribution is -2.35. The van der Waals surface area contributed by atoms with Crippen molar-refractivity contribution >= 4 is 0 Å². The highest BCUT2D eigenvalue weighted by molar-refractivity contribution is 5.43. The molecule has 1 heterocycles. The number of hydrogen-bond acceptors (Lipinski definition) is 2. The molecule has 1 aliphatic carbocycles. The van der Waals surface area contributed by atoms with Gasteiger partial charge >= 0.3 is 0 Å². The van der Waals surface area contributed by atoms with Crippen LogP contribution in [0.2, 0.25) is 0 Å². The monoisotopic (exact) mass is 190 g/mol. The topological polar surface area (TPSA) is 18.5 Å². The average Bonchev–Trinajstić information content (AvgIpc) is 2.69. The minimum Gasteiger partial charge on any atom is -0.448 e. The van der Waals surface area contributed by atoms with Crippen LogP contribution in [0.1, 0.15) is 26.2 Å². The fourth-order valence-corrected chi connectivity index (χ4v) is 2.43. The second-order valence-electron chi connectivity index (χ2n) is 4.41. The van der Waals surface area contributed by atoms with E-state index in [0.717, 1.165) is 24.3 Å². The van der Waals surface area contributed by atoms with Gasteiger partial charge in [0.2, 0.25) is 0 Å². The first kappa shape index (κ1) is 8.16. The highest BCUT2D eigenvalue weighted by Crippen LogP contribution is 2.47. The Labute approximate surface area is 83.8 Å². The number of rotatable bonds is 0. The first-order chi connectivity index (χ1) is 6.77. The van der Waals surface area contributed by atoms with Gasteiger partial charge in [-0.25, -0.2) is 0 Å². The van der Waals surface area contributed by atoms with Gasteiger partial charge in [-0.05, 0) is 24.5 Å². The molecular formula is C12H14O2. The third-order valence-corrected chi connectivity index (χ3v) is 3.12. The van der Waals surface area contributed by atoms with Crippen molar-refractivity contribution < 1.29 is 9.47 Å². The molecule has 1 aliphatic heterocycles. The predicted molar refractivity (Wildman–Crippen MR) is 53.4 cm³/mol. The zero-order chi connectivity index (χ0) is 9.60. The second-order valence-corrected chi connectivity index (χ2v) is 4.41. The van der Waals surface area contributed by atoms with Gasteiger partial charge in [0.05, 0.1) is 0 Å². The van der Waals surface area contributed by atoms with Gasteiger partial charge in [-0.2, -0.15) is 0 Å². The van der Waals surface area contributed by atoms with E-state index in [1.165, 1.54) is 6.42 Å². The number of fused-ring (bicyclic) bond motifs is 1. The summed E-state index contributed by atoms with van der Waals surface area (Å²) in [6.07, 6.45) is 3.23. The summed E-state index contributed by atoms with van der Waals surface area (Å²) in [5.74, 6) is 2.19. The standard InChI is InChI=1S/C12H14O2/c1-9-6-7-12(8-9)13-10-4-2-3-5-11(10)14-12/h2-5,9H,6-8H2,1H3. The maximum absolute atomic E-state index is 5.90. The molecule has 14 heavy (non-hydrogen) atoms. The highest BCUT2D eigenvalue weighted by atomic mass is 16.7. The molecule has 1 unspecified atom stereocenters. The third kappa shape index (κ3) is 1.10. The van der Waals surface area contributed by atoms with Gasteiger partial charge in [0.15, 0.2) is 11.5 Å². The smallest absolute Gasteiger partial charge is 0.251 e. The Morgan fingerprint density at radius 1 is 1.21 bits per heavy atom. The van der Waals surface area contributed by atoms with Crippen LogP contribution in [0, 0.1) is 5.92 Å². The van der Waals surface area contributed by atoms with Crippen molar-refractivity contribution in [1.82, 2.24) is 0 Å². The van der Waals surface area contributed by atoms with E-state index in [9.17, 15) is 0 Å². The van der Waals surface area contributed by atoms with Gasteiger partial charge in [-0.3, -0.25) is 0 Å². The first-order valence-electron chi connectivity index (χ1n) is 5.24. The van der Waals surface area contributed by atoms with E-state index >= 15 is 0 Å². The molecule has 2 aliphatic rings. The molecule has 0 saturated heterocycles. The molecule has 1 saturated carbocycles. The van der Waals surface area contributed by atoms with Crippen LogP contribution < -0.4 is 9.47 Å². The Balaban J connectivity index is 1.91. The Hall–Kier alpha value is -1.18. The van der Waals surface area contributed by atoms with E-state index in [1.807, 2.05) is 24.3 Å². The summed E-state index contributed by atoms with van der Waals surface area (Å²) in [4.78, 5) is 0. The van der Waals surface area contributed by atoms with Gasteiger partial charge in [-0.1, -0.05) is 19.1 Å². The van der Waals surface area contributed by atoms with Crippen molar-refractivity contribution in [2.75, 3.05) is 0 Å².